The molecule has 0 amide bonds. The first-order chi connectivity index (χ1) is 8.95. The van der Waals surface area contributed by atoms with Crippen LogP contribution < -0.4 is 0 Å². The minimum absolute atomic E-state index is 0.0301. The Bertz CT molecular complexity index is 258. The molecule has 1 heterocycles. The van der Waals surface area contributed by atoms with Gasteiger partial charge in [0.05, 0.1) is 25.7 Å². The Morgan fingerprint density at radius 3 is 2.26 bits per heavy atom. The normalized spacial score (nSPS) is 16.6. The summed E-state index contributed by atoms with van der Waals surface area (Å²) in [4.78, 5) is 19.8. The first kappa shape index (κ1) is 17.9. The molecule has 0 aliphatic carbocycles. The predicted octanol–water partition coefficient (Wildman–Crippen LogP) is 1.96. The second-order valence-electron chi connectivity index (χ2n) is 4.53. The van der Waals surface area contributed by atoms with Crippen molar-refractivity contribution >= 4 is 12.4 Å². The highest BCUT2D eigenvalue weighted by Gasteiger charge is 2.35. The van der Waals surface area contributed by atoms with Gasteiger partial charge < -0.3 is 19.3 Å². The van der Waals surface area contributed by atoms with Gasteiger partial charge in [0.15, 0.2) is 5.79 Å². The second kappa shape index (κ2) is 9.75. The maximum Gasteiger partial charge on any atom is 0.303 e. The third-order valence-corrected chi connectivity index (χ3v) is 2.49. The molecular formula is C13H24O6. The lowest BCUT2D eigenvalue weighted by molar-refractivity contribution is -0.172. The Balaban J connectivity index is 0.000000459. The van der Waals surface area contributed by atoms with Crippen LogP contribution in [-0.2, 0) is 23.8 Å². The van der Waals surface area contributed by atoms with E-state index in [2.05, 4.69) is 4.74 Å². The monoisotopic (exact) mass is 276 g/mol. The lowest BCUT2D eigenvalue weighted by atomic mass is 10.1. The van der Waals surface area contributed by atoms with E-state index in [0.29, 0.717) is 26.1 Å². The van der Waals surface area contributed by atoms with Crippen molar-refractivity contribution < 1.29 is 28.9 Å². The van der Waals surface area contributed by atoms with Crippen molar-refractivity contribution in [3.8, 4) is 0 Å². The van der Waals surface area contributed by atoms with Crippen molar-refractivity contribution in [1.29, 1.82) is 0 Å². The highest BCUT2D eigenvalue weighted by atomic mass is 16.7. The van der Waals surface area contributed by atoms with E-state index in [1.165, 1.54) is 0 Å². The maximum absolute atomic E-state index is 10.4. The van der Waals surface area contributed by atoms with Crippen molar-refractivity contribution in [2.75, 3.05) is 13.2 Å². The molecule has 1 rings (SSSR count). The van der Waals surface area contributed by atoms with E-state index in [1.54, 1.807) is 13.8 Å². The molecule has 0 saturated carbocycles. The molecule has 0 aromatic carbocycles. The van der Waals surface area contributed by atoms with E-state index < -0.39 is 11.8 Å². The fraction of sp³-hybridized carbons (Fsp3) is 0.846. The van der Waals surface area contributed by atoms with Crippen LogP contribution in [-0.4, -0.2) is 42.7 Å². The third kappa shape index (κ3) is 8.56. The summed E-state index contributed by atoms with van der Waals surface area (Å²) in [5, 5.41) is 8.55. The van der Waals surface area contributed by atoms with Gasteiger partial charge in [0.2, 0.25) is 0 Å². The molecule has 6 heteroatoms. The summed E-state index contributed by atoms with van der Waals surface area (Å²) in [5.41, 5.74) is 0. The van der Waals surface area contributed by atoms with Crippen LogP contribution in [0.15, 0.2) is 0 Å². The minimum Gasteiger partial charge on any atom is -0.481 e. The summed E-state index contributed by atoms with van der Waals surface area (Å²) in [6.45, 7) is 7.25. The average molecular weight is 276 g/mol. The smallest absolute Gasteiger partial charge is 0.303 e. The maximum atomic E-state index is 10.4. The van der Waals surface area contributed by atoms with Gasteiger partial charge in [0, 0.05) is 12.8 Å². The molecule has 0 radical (unpaired) electrons. The van der Waals surface area contributed by atoms with E-state index in [-0.39, 0.29) is 12.5 Å². The Hall–Kier alpha value is -1.14. The second-order valence-corrected chi connectivity index (χ2v) is 4.53. The number of carbonyl (C=O) groups is 2. The topological polar surface area (TPSA) is 82.1 Å². The number of carbonyl (C=O) groups excluding carboxylic acids is 1. The Morgan fingerprint density at radius 2 is 1.95 bits per heavy atom. The number of carboxylic acids is 1. The van der Waals surface area contributed by atoms with E-state index in [0.717, 1.165) is 12.8 Å². The predicted molar refractivity (Wildman–Crippen MR) is 68.7 cm³/mol. The zero-order valence-electron chi connectivity index (χ0n) is 11.9. The molecule has 0 unspecified atom stereocenters. The van der Waals surface area contributed by atoms with Gasteiger partial charge in [-0.05, 0) is 13.8 Å². The number of aliphatic carboxylic acids is 1. The van der Waals surface area contributed by atoms with Crippen molar-refractivity contribution in [2.24, 2.45) is 0 Å². The van der Waals surface area contributed by atoms with Gasteiger partial charge in [-0.1, -0.05) is 13.3 Å². The Morgan fingerprint density at radius 1 is 1.37 bits per heavy atom. The molecule has 1 fully saturated rings. The number of rotatable bonds is 7. The van der Waals surface area contributed by atoms with Crippen LogP contribution in [0.4, 0.5) is 0 Å². The van der Waals surface area contributed by atoms with E-state index >= 15 is 0 Å². The molecule has 112 valence electrons. The molecule has 0 bridgehead atoms. The van der Waals surface area contributed by atoms with Crippen LogP contribution >= 0.6 is 0 Å². The molecule has 6 nitrogen and oxygen atoms in total. The first-order valence-corrected chi connectivity index (χ1v) is 6.54. The minimum atomic E-state index is -0.797. The number of hydrogen-bond donors (Lipinski definition) is 1. The van der Waals surface area contributed by atoms with E-state index in [9.17, 15) is 9.59 Å². The molecule has 19 heavy (non-hydrogen) atoms. The fourth-order valence-corrected chi connectivity index (χ4v) is 1.70. The molecule has 1 N–H and O–H groups in total. The van der Waals surface area contributed by atoms with E-state index in [1.807, 2.05) is 6.92 Å². The summed E-state index contributed by atoms with van der Waals surface area (Å²) in [5.74, 6) is -1.40. The van der Waals surface area contributed by atoms with Crippen molar-refractivity contribution in [3.63, 3.8) is 0 Å². The highest BCUT2D eigenvalue weighted by molar-refractivity contribution is 5.66. The standard InChI is InChI=1S/C9H16O4.C4H8O2/c1-2-4-9(5-3-8(10)11)12-6-7-13-9;1-4(2)6-3-5/h2-7H2,1H3,(H,10,11);3-4H,1-2H3. The molecule has 0 aromatic rings. The molecular weight excluding hydrogens is 252 g/mol. The van der Waals surface area contributed by atoms with Gasteiger partial charge in [0.1, 0.15) is 0 Å². The van der Waals surface area contributed by atoms with Crippen molar-refractivity contribution in [1.82, 2.24) is 0 Å². The summed E-state index contributed by atoms with van der Waals surface area (Å²) >= 11 is 0. The van der Waals surface area contributed by atoms with Crippen LogP contribution in [0.25, 0.3) is 0 Å². The lowest BCUT2D eigenvalue weighted by Crippen LogP contribution is -2.30. The largest absolute Gasteiger partial charge is 0.481 e. The fourth-order valence-electron chi connectivity index (χ4n) is 1.70. The Labute approximate surface area is 114 Å². The van der Waals surface area contributed by atoms with Gasteiger partial charge in [-0.15, -0.1) is 0 Å². The van der Waals surface area contributed by atoms with Crippen LogP contribution in [0, 0.1) is 0 Å². The molecule has 0 spiro atoms. The molecule has 1 aliphatic heterocycles. The summed E-state index contributed by atoms with van der Waals surface area (Å²) < 4.78 is 15.3. The Kier molecular flexibility index (Phi) is 9.16. The lowest BCUT2D eigenvalue weighted by Gasteiger charge is -2.26. The van der Waals surface area contributed by atoms with Crippen molar-refractivity contribution in [2.45, 2.75) is 58.3 Å². The van der Waals surface area contributed by atoms with Gasteiger partial charge in [-0.2, -0.15) is 0 Å². The quantitative estimate of drug-likeness (QED) is 0.716. The number of hydrogen-bond acceptors (Lipinski definition) is 5. The number of ether oxygens (including phenoxy) is 3. The van der Waals surface area contributed by atoms with Crippen LogP contribution in [0.2, 0.25) is 0 Å². The zero-order chi connectivity index (χ0) is 14.7. The van der Waals surface area contributed by atoms with Gasteiger partial charge in [-0.25, -0.2) is 0 Å². The van der Waals surface area contributed by atoms with Gasteiger partial charge >= 0.3 is 5.97 Å². The van der Waals surface area contributed by atoms with Crippen molar-refractivity contribution in [3.05, 3.63) is 0 Å². The molecule has 0 aromatic heterocycles. The third-order valence-electron chi connectivity index (χ3n) is 2.49. The van der Waals surface area contributed by atoms with Crippen LogP contribution in [0.3, 0.4) is 0 Å². The van der Waals surface area contributed by atoms with Gasteiger partial charge in [-0.3, -0.25) is 9.59 Å². The summed E-state index contributed by atoms with van der Waals surface area (Å²) in [6.07, 6.45) is 2.32. The zero-order valence-corrected chi connectivity index (χ0v) is 11.9. The van der Waals surface area contributed by atoms with Crippen LogP contribution in [0.5, 0.6) is 0 Å². The van der Waals surface area contributed by atoms with E-state index in [4.69, 9.17) is 14.6 Å². The average Bonchev–Trinajstić information content (AvgIpc) is 2.77. The molecule has 0 atom stereocenters. The summed E-state index contributed by atoms with van der Waals surface area (Å²) in [7, 11) is 0. The molecule has 1 aliphatic rings. The van der Waals surface area contributed by atoms with Gasteiger partial charge in [0.25, 0.3) is 6.47 Å². The first-order valence-electron chi connectivity index (χ1n) is 6.54. The highest BCUT2D eigenvalue weighted by Crippen LogP contribution is 2.29. The SMILES string of the molecule is CC(C)OC=O.CCCC1(CCC(=O)O)OCCO1. The summed E-state index contributed by atoms with van der Waals surface area (Å²) in [6, 6.07) is 0. The van der Waals surface area contributed by atoms with Crippen LogP contribution in [0.1, 0.15) is 46.5 Å². The number of carboxylic acid groups (broad SMARTS) is 1. The molecule has 1 saturated heterocycles.